The number of hydrogen-bond donors (Lipinski definition) is 2. The lowest BCUT2D eigenvalue weighted by molar-refractivity contribution is -0.00257. The number of benzene rings is 1. The predicted molar refractivity (Wildman–Crippen MR) is 106 cm³/mol. The molecule has 5 heteroatoms. The van der Waals surface area contributed by atoms with E-state index in [1.54, 1.807) is 12.3 Å². The van der Waals surface area contributed by atoms with Crippen molar-refractivity contribution < 1.29 is 9.90 Å². The van der Waals surface area contributed by atoms with Crippen LogP contribution in [0.1, 0.15) is 55.5 Å². The Labute approximate surface area is 159 Å². The van der Waals surface area contributed by atoms with Crippen LogP contribution < -0.4 is 5.32 Å². The van der Waals surface area contributed by atoms with Crippen molar-refractivity contribution in [3.05, 3.63) is 47.1 Å². The van der Waals surface area contributed by atoms with Crippen LogP contribution >= 0.6 is 11.6 Å². The minimum atomic E-state index is -0.652. The van der Waals surface area contributed by atoms with E-state index in [4.69, 9.17) is 11.6 Å². The van der Waals surface area contributed by atoms with Crippen LogP contribution in [0.25, 0.3) is 17.0 Å². The first-order valence-electron chi connectivity index (χ1n) is 9.03. The summed E-state index contributed by atoms with van der Waals surface area (Å²) in [7, 11) is 0. The van der Waals surface area contributed by atoms with Gasteiger partial charge in [0.25, 0.3) is 5.91 Å². The second-order valence-corrected chi connectivity index (χ2v) is 8.08. The molecule has 1 aromatic carbocycles. The van der Waals surface area contributed by atoms with Crippen molar-refractivity contribution in [2.24, 2.45) is 5.92 Å². The van der Waals surface area contributed by atoms with E-state index in [0.717, 1.165) is 42.1 Å². The number of fused-ring (bicyclic) bond motifs is 1. The lowest BCUT2D eigenvalue weighted by atomic mass is 9.77. The van der Waals surface area contributed by atoms with Crippen LogP contribution in [0.2, 0.25) is 5.02 Å². The zero-order chi connectivity index (χ0) is 18.9. The Morgan fingerprint density at radius 2 is 2.00 bits per heavy atom. The topological polar surface area (TPSA) is 62.2 Å². The summed E-state index contributed by atoms with van der Waals surface area (Å²) in [5, 5.41) is 14.7. The molecule has 1 aromatic heterocycles. The number of aromatic nitrogens is 1. The first-order valence-corrected chi connectivity index (χ1v) is 9.40. The van der Waals surface area contributed by atoms with Crippen molar-refractivity contribution in [2.45, 2.75) is 51.2 Å². The second kappa shape index (κ2) is 7.37. The molecule has 4 nitrogen and oxygen atoms in total. The zero-order valence-electron chi connectivity index (χ0n) is 15.3. The summed E-state index contributed by atoms with van der Waals surface area (Å²) in [6, 6.07) is 5.64. The highest BCUT2D eigenvalue weighted by Crippen LogP contribution is 2.32. The minimum Gasteiger partial charge on any atom is -0.390 e. The fraction of sp³-hybridized carbons (Fsp3) is 0.429. The first kappa shape index (κ1) is 18.9. The standard InChI is InChI=1S/C21H25ClN2O2/c1-4-13-11-19-14(10-18(13)22)9-15(12-23-19)20(25)24-17-7-5-16(6-8-17)21(2,3)26/h4,9-12,16-17,26H,1,5-8H2,2-3H3,(H,24,25). The lowest BCUT2D eigenvalue weighted by Crippen LogP contribution is -2.41. The fourth-order valence-corrected chi connectivity index (χ4v) is 3.91. The molecule has 1 amide bonds. The van der Waals surface area contributed by atoms with Gasteiger partial charge in [-0.2, -0.15) is 0 Å². The molecule has 1 aliphatic rings. The third-order valence-corrected chi connectivity index (χ3v) is 5.67. The van der Waals surface area contributed by atoms with Gasteiger partial charge in [0, 0.05) is 22.6 Å². The van der Waals surface area contributed by atoms with Crippen LogP contribution in [0.15, 0.2) is 31.0 Å². The molecule has 1 aliphatic carbocycles. The van der Waals surface area contributed by atoms with Gasteiger partial charge in [-0.3, -0.25) is 9.78 Å². The molecule has 0 saturated heterocycles. The van der Waals surface area contributed by atoms with E-state index in [-0.39, 0.29) is 11.9 Å². The van der Waals surface area contributed by atoms with Gasteiger partial charge in [0.1, 0.15) is 0 Å². The van der Waals surface area contributed by atoms with Crippen LogP contribution in [0.3, 0.4) is 0 Å². The first-order chi connectivity index (χ1) is 12.3. The lowest BCUT2D eigenvalue weighted by Gasteiger charge is -2.36. The van der Waals surface area contributed by atoms with Gasteiger partial charge >= 0.3 is 0 Å². The number of aliphatic hydroxyl groups is 1. The molecule has 2 aromatic rings. The summed E-state index contributed by atoms with van der Waals surface area (Å²) in [5.41, 5.74) is 1.49. The van der Waals surface area contributed by atoms with E-state index >= 15 is 0 Å². The minimum absolute atomic E-state index is 0.116. The molecular formula is C21H25ClN2O2. The molecule has 0 radical (unpaired) electrons. The molecular weight excluding hydrogens is 348 g/mol. The summed E-state index contributed by atoms with van der Waals surface area (Å²) in [4.78, 5) is 17.0. The van der Waals surface area contributed by atoms with Crippen molar-refractivity contribution in [1.29, 1.82) is 0 Å². The molecule has 138 valence electrons. The van der Waals surface area contributed by atoms with Crippen molar-refractivity contribution >= 4 is 34.5 Å². The van der Waals surface area contributed by atoms with Crippen molar-refractivity contribution in [3.63, 3.8) is 0 Å². The van der Waals surface area contributed by atoms with Crippen molar-refractivity contribution in [3.8, 4) is 0 Å². The maximum absolute atomic E-state index is 12.6. The van der Waals surface area contributed by atoms with Gasteiger partial charge in [-0.1, -0.05) is 24.3 Å². The average Bonchev–Trinajstić information content (AvgIpc) is 2.60. The highest BCUT2D eigenvalue weighted by molar-refractivity contribution is 6.32. The van der Waals surface area contributed by atoms with Gasteiger partial charge < -0.3 is 10.4 Å². The van der Waals surface area contributed by atoms with Crippen LogP contribution in [-0.2, 0) is 0 Å². The molecule has 0 unspecified atom stereocenters. The van der Waals surface area contributed by atoms with Crippen LogP contribution in [0.4, 0.5) is 0 Å². The number of hydrogen-bond acceptors (Lipinski definition) is 3. The molecule has 1 saturated carbocycles. The van der Waals surface area contributed by atoms with Gasteiger partial charge in [0.2, 0.25) is 0 Å². The van der Waals surface area contributed by atoms with Gasteiger partial charge in [-0.05, 0) is 69.2 Å². The van der Waals surface area contributed by atoms with E-state index in [2.05, 4.69) is 16.9 Å². The Hall–Kier alpha value is -1.91. The van der Waals surface area contributed by atoms with Crippen LogP contribution in [0, 0.1) is 5.92 Å². The normalized spacial score (nSPS) is 20.8. The fourth-order valence-electron chi connectivity index (χ4n) is 3.66. The van der Waals surface area contributed by atoms with Crippen LogP contribution in [0.5, 0.6) is 0 Å². The van der Waals surface area contributed by atoms with E-state index in [0.29, 0.717) is 16.5 Å². The molecule has 1 fully saturated rings. The molecule has 0 bridgehead atoms. The smallest absolute Gasteiger partial charge is 0.253 e. The predicted octanol–water partition coefficient (Wildman–Crippen LogP) is 4.59. The quantitative estimate of drug-likeness (QED) is 0.825. The Kier molecular flexibility index (Phi) is 5.35. The van der Waals surface area contributed by atoms with Gasteiger partial charge in [0.15, 0.2) is 0 Å². The molecule has 1 heterocycles. The number of carbonyl (C=O) groups excluding carboxylic acids is 1. The number of nitrogens with zero attached hydrogens (tertiary/aromatic N) is 1. The number of carbonyl (C=O) groups is 1. The summed E-state index contributed by atoms with van der Waals surface area (Å²) < 4.78 is 0. The highest BCUT2D eigenvalue weighted by atomic mass is 35.5. The van der Waals surface area contributed by atoms with Crippen LogP contribution in [-0.4, -0.2) is 27.6 Å². The Balaban J connectivity index is 1.69. The van der Waals surface area contributed by atoms with Gasteiger partial charge in [-0.15, -0.1) is 0 Å². The number of rotatable bonds is 4. The number of pyridine rings is 1. The second-order valence-electron chi connectivity index (χ2n) is 7.67. The SMILES string of the molecule is C=Cc1cc2ncc(C(=O)NC3CCC(C(C)(C)O)CC3)cc2cc1Cl. The third-order valence-electron chi connectivity index (χ3n) is 5.34. The molecule has 3 rings (SSSR count). The maximum atomic E-state index is 12.6. The van der Waals surface area contributed by atoms with Gasteiger partial charge in [0.05, 0.1) is 16.7 Å². The van der Waals surface area contributed by atoms with E-state index in [1.165, 1.54) is 0 Å². The molecule has 26 heavy (non-hydrogen) atoms. The third kappa shape index (κ3) is 4.08. The Morgan fingerprint density at radius 3 is 2.62 bits per heavy atom. The van der Waals surface area contributed by atoms with Gasteiger partial charge in [-0.25, -0.2) is 0 Å². The number of nitrogens with one attached hydrogen (secondary N) is 1. The van der Waals surface area contributed by atoms with E-state index in [9.17, 15) is 9.90 Å². The number of halogens is 1. The van der Waals surface area contributed by atoms with E-state index in [1.807, 2.05) is 32.0 Å². The largest absolute Gasteiger partial charge is 0.390 e. The summed E-state index contributed by atoms with van der Waals surface area (Å²) in [6.45, 7) is 7.46. The summed E-state index contributed by atoms with van der Waals surface area (Å²) >= 11 is 6.22. The average molecular weight is 373 g/mol. The number of amides is 1. The van der Waals surface area contributed by atoms with E-state index < -0.39 is 5.60 Å². The highest BCUT2D eigenvalue weighted by Gasteiger charge is 2.31. The Bertz CT molecular complexity index is 834. The van der Waals surface area contributed by atoms with Crippen molar-refractivity contribution in [2.75, 3.05) is 0 Å². The Morgan fingerprint density at radius 1 is 1.31 bits per heavy atom. The molecule has 0 aliphatic heterocycles. The molecule has 0 atom stereocenters. The summed E-state index contributed by atoms with van der Waals surface area (Å²) in [6.07, 6.45) is 6.90. The molecule has 2 N–H and O–H groups in total. The summed E-state index contributed by atoms with van der Waals surface area (Å²) in [5.74, 6) is 0.175. The maximum Gasteiger partial charge on any atom is 0.253 e. The zero-order valence-corrected chi connectivity index (χ0v) is 16.0. The monoisotopic (exact) mass is 372 g/mol. The molecule has 0 spiro atoms. The van der Waals surface area contributed by atoms with Crippen molar-refractivity contribution in [1.82, 2.24) is 10.3 Å².